The highest BCUT2D eigenvalue weighted by Gasteiger charge is 2.30. The largest absolute Gasteiger partial charge is 0.366 e. The van der Waals surface area contributed by atoms with Crippen molar-refractivity contribution in [3.8, 4) is 0 Å². The quantitative estimate of drug-likeness (QED) is 0.655. The fraction of sp³-hybridized carbons (Fsp3) is 0.304. The molecular weight excluding hydrogens is 348 g/mol. The maximum Gasteiger partial charge on any atom is 0.248 e. The van der Waals surface area contributed by atoms with E-state index in [0.717, 1.165) is 36.5 Å². The summed E-state index contributed by atoms with van der Waals surface area (Å²) in [6.45, 7) is 6.41. The van der Waals surface area contributed by atoms with Gasteiger partial charge in [-0.05, 0) is 57.9 Å². The Morgan fingerprint density at radius 1 is 1.25 bits per heavy atom. The molecular formula is C23H28N4O. The van der Waals surface area contributed by atoms with E-state index in [0.29, 0.717) is 5.56 Å². The lowest BCUT2D eigenvalue weighted by molar-refractivity contribution is 0.1000. The van der Waals surface area contributed by atoms with Gasteiger partial charge in [0.15, 0.2) is 0 Å². The number of carbonyl (C=O) groups is 1. The summed E-state index contributed by atoms with van der Waals surface area (Å²) in [5, 5.41) is 3.59. The third-order valence-corrected chi connectivity index (χ3v) is 5.11. The van der Waals surface area contributed by atoms with Gasteiger partial charge in [-0.3, -0.25) is 4.79 Å². The van der Waals surface area contributed by atoms with Crippen molar-refractivity contribution in [1.29, 1.82) is 0 Å². The number of allylic oxidation sites excluding steroid dienone is 3. The number of nitrogens with zero attached hydrogens (tertiary/aromatic N) is 2. The number of hydrogen-bond acceptors (Lipinski definition) is 4. The molecule has 0 radical (unpaired) electrons. The number of aromatic nitrogens is 1. The summed E-state index contributed by atoms with van der Waals surface area (Å²) in [4.78, 5) is 18.3. The third-order valence-electron chi connectivity index (χ3n) is 5.11. The van der Waals surface area contributed by atoms with Gasteiger partial charge < -0.3 is 16.0 Å². The molecule has 0 bridgehead atoms. The van der Waals surface area contributed by atoms with Gasteiger partial charge in [0.1, 0.15) is 12.0 Å². The van der Waals surface area contributed by atoms with Crippen molar-refractivity contribution >= 4 is 23.1 Å². The van der Waals surface area contributed by atoms with Crippen LogP contribution in [0.1, 0.15) is 50.4 Å². The highest BCUT2D eigenvalue weighted by molar-refractivity contribution is 5.94. The molecule has 1 aromatic heterocycles. The molecule has 0 spiro atoms. The predicted octanol–water partition coefficient (Wildman–Crippen LogP) is 5.15. The number of rotatable bonds is 7. The van der Waals surface area contributed by atoms with E-state index in [1.54, 1.807) is 18.3 Å². The number of primary amides is 1. The first-order valence-electron chi connectivity index (χ1n) is 9.67. The van der Waals surface area contributed by atoms with Crippen LogP contribution in [-0.2, 0) is 0 Å². The van der Waals surface area contributed by atoms with E-state index in [1.807, 2.05) is 12.1 Å². The lowest BCUT2D eigenvalue weighted by atomic mass is 10.1. The summed E-state index contributed by atoms with van der Waals surface area (Å²) in [6, 6.07) is 11.6. The number of benzene rings is 1. The van der Waals surface area contributed by atoms with Crippen LogP contribution in [0, 0.1) is 0 Å². The number of amides is 1. The highest BCUT2D eigenvalue weighted by Crippen LogP contribution is 2.40. The molecule has 1 unspecified atom stereocenters. The minimum absolute atomic E-state index is 0.0343. The molecule has 2 heterocycles. The summed E-state index contributed by atoms with van der Waals surface area (Å²) < 4.78 is 0. The Morgan fingerprint density at radius 2 is 2.04 bits per heavy atom. The summed E-state index contributed by atoms with van der Waals surface area (Å²) >= 11 is 0. The molecule has 1 aliphatic rings. The molecule has 5 heteroatoms. The molecule has 1 aliphatic heterocycles. The summed E-state index contributed by atoms with van der Waals surface area (Å²) in [5.74, 6) is 0.271. The van der Waals surface area contributed by atoms with Crippen LogP contribution in [0.4, 0.5) is 17.2 Å². The summed E-state index contributed by atoms with van der Waals surface area (Å²) in [5.41, 5.74) is 10.8. The normalized spacial score (nSPS) is 16.7. The molecule has 0 saturated carbocycles. The van der Waals surface area contributed by atoms with Crippen molar-refractivity contribution in [1.82, 2.24) is 4.98 Å². The van der Waals surface area contributed by atoms with Crippen molar-refractivity contribution < 1.29 is 4.79 Å². The summed E-state index contributed by atoms with van der Waals surface area (Å²) in [7, 11) is 0. The fourth-order valence-electron chi connectivity index (χ4n) is 3.43. The second kappa shape index (κ2) is 8.74. The first-order valence-corrected chi connectivity index (χ1v) is 9.67. The molecule has 0 fully saturated rings. The van der Waals surface area contributed by atoms with E-state index in [4.69, 9.17) is 5.73 Å². The van der Waals surface area contributed by atoms with Gasteiger partial charge in [-0.1, -0.05) is 35.4 Å². The van der Waals surface area contributed by atoms with Gasteiger partial charge in [-0.15, -0.1) is 0 Å². The molecule has 1 aromatic carbocycles. The van der Waals surface area contributed by atoms with Gasteiger partial charge in [0.05, 0.1) is 11.4 Å². The molecule has 5 nitrogen and oxygen atoms in total. The second-order valence-electron chi connectivity index (χ2n) is 7.24. The van der Waals surface area contributed by atoms with E-state index in [1.165, 1.54) is 11.1 Å². The predicted molar refractivity (Wildman–Crippen MR) is 116 cm³/mol. The first kappa shape index (κ1) is 19.7. The number of pyridine rings is 1. The van der Waals surface area contributed by atoms with Gasteiger partial charge in [0, 0.05) is 18.2 Å². The van der Waals surface area contributed by atoms with Gasteiger partial charge in [-0.25, -0.2) is 4.98 Å². The van der Waals surface area contributed by atoms with Crippen LogP contribution < -0.4 is 16.0 Å². The lowest BCUT2D eigenvalue weighted by Crippen LogP contribution is -2.32. The average Bonchev–Trinajstić information content (AvgIpc) is 3.05. The monoisotopic (exact) mass is 376 g/mol. The van der Waals surface area contributed by atoms with Crippen LogP contribution in [0.25, 0.3) is 0 Å². The maximum atomic E-state index is 11.6. The maximum absolute atomic E-state index is 11.6. The van der Waals surface area contributed by atoms with Crippen molar-refractivity contribution in [3.05, 3.63) is 71.5 Å². The minimum Gasteiger partial charge on any atom is -0.366 e. The molecule has 2 aromatic rings. The van der Waals surface area contributed by atoms with Crippen LogP contribution in [0.15, 0.2) is 65.9 Å². The molecule has 1 amide bonds. The molecule has 1 atom stereocenters. The standard InChI is InChI=1S/C23H28N4O/c1-4-16(2)8-7-9-17(3)14-22-26-19-10-5-6-11-20(19)27(22)21-15-18(23(24)28)12-13-25-21/h4-6,9-13,15,22,26H,7-8,14H2,1-3H3,(H2,24,28). The Morgan fingerprint density at radius 3 is 2.79 bits per heavy atom. The first-order chi connectivity index (χ1) is 13.5. The number of para-hydroxylation sites is 2. The van der Waals surface area contributed by atoms with Gasteiger partial charge in [0.25, 0.3) is 0 Å². The van der Waals surface area contributed by atoms with E-state index < -0.39 is 5.91 Å². The smallest absolute Gasteiger partial charge is 0.248 e. The van der Waals surface area contributed by atoms with Crippen molar-refractivity contribution in [2.24, 2.45) is 5.73 Å². The highest BCUT2D eigenvalue weighted by atomic mass is 16.1. The van der Waals surface area contributed by atoms with Gasteiger partial charge in [0.2, 0.25) is 5.91 Å². The van der Waals surface area contributed by atoms with E-state index in [-0.39, 0.29) is 6.17 Å². The molecule has 3 rings (SSSR count). The second-order valence-corrected chi connectivity index (χ2v) is 7.24. The summed E-state index contributed by atoms with van der Waals surface area (Å²) in [6.07, 6.45) is 9.12. The fourth-order valence-corrected chi connectivity index (χ4v) is 3.43. The van der Waals surface area contributed by atoms with Crippen molar-refractivity contribution in [3.63, 3.8) is 0 Å². The van der Waals surface area contributed by atoms with E-state index in [9.17, 15) is 4.79 Å². The minimum atomic E-state index is -0.448. The number of nitrogens with two attached hydrogens (primary N) is 1. The molecule has 3 N–H and O–H groups in total. The average molecular weight is 377 g/mol. The zero-order valence-corrected chi connectivity index (χ0v) is 16.8. The van der Waals surface area contributed by atoms with Crippen molar-refractivity contribution in [2.45, 2.75) is 46.2 Å². The van der Waals surface area contributed by atoms with Gasteiger partial charge in [-0.2, -0.15) is 0 Å². The Kier molecular flexibility index (Phi) is 6.14. The number of hydrogen-bond donors (Lipinski definition) is 2. The van der Waals surface area contributed by atoms with Crippen molar-refractivity contribution in [2.75, 3.05) is 10.2 Å². The van der Waals surface area contributed by atoms with Gasteiger partial charge >= 0.3 is 0 Å². The molecule has 146 valence electrons. The number of anilines is 3. The lowest BCUT2D eigenvalue weighted by Gasteiger charge is -2.26. The van der Waals surface area contributed by atoms with Crippen LogP contribution in [0.3, 0.4) is 0 Å². The number of fused-ring (bicyclic) bond motifs is 1. The topological polar surface area (TPSA) is 71.2 Å². The molecule has 0 aliphatic carbocycles. The van der Waals surface area contributed by atoms with Crippen LogP contribution in [0.2, 0.25) is 0 Å². The van der Waals surface area contributed by atoms with Crippen LogP contribution >= 0.6 is 0 Å². The Balaban J connectivity index is 1.85. The molecule has 28 heavy (non-hydrogen) atoms. The zero-order valence-electron chi connectivity index (χ0n) is 16.8. The number of nitrogens with one attached hydrogen (secondary N) is 1. The Labute approximate surface area is 167 Å². The zero-order chi connectivity index (χ0) is 20.1. The Bertz CT molecular complexity index is 916. The number of carbonyl (C=O) groups excluding carboxylic acids is 1. The van der Waals surface area contributed by atoms with E-state index >= 15 is 0 Å². The molecule has 0 saturated heterocycles. The van der Waals surface area contributed by atoms with Crippen LogP contribution in [-0.4, -0.2) is 17.1 Å². The SMILES string of the molecule is CC=C(C)CCC=C(C)CC1Nc2ccccc2N1c1cc(C(N)=O)ccn1. The van der Waals surface area contributed by atoms with Crippen LogP contribution in [0.5, 0.6) is 0 Å². The van der Waals surface area contributed by atoms with E-state index in [2.05, 4.69) is 60.3 Å². The Hall–Kier alpha value is -3.08. The third kappa shape index (κ3) is 4.42.